The van der Waals surface area contributed by atoms with E-state index in [9.17, 15) is 23.8 Å². The monoisotopic (exact) mass is 781 g/mol. The van der Waals surface area contributed by atoms with Gasteiger partial charge in [0.1, 0.15) is 12.6 Å². The van der Waals surface area contributed by atoms with E-state index < -0.39 is 51.1 Å². The van der Waals surface area contributed by atoms with Crippen molar-refractivity contribution in [2.75, 3.05) is 19.8 Å². The van der Waals surface area contributed by atoms with Gasteiger partial charge in [-0.05, 0) is 57.8 Å². The third kappa shape index (κ3) is 36.2. The van der Waals surface area contributed by atoms with Gasteiger partial charge in [-0.15, -0.1) is 0 Å². The van der Waals surface area contributed by atoms with Crippen LogP contribution in [-0.4, -0.2) is 59.9 Å². The number of carboxylic acids is 1. The fraction of sp³-hybridized carbons (Fsp3) is 0.690. The topological polar surface area (TPSA) is 172 Å². The Bertz CT molecular complexity index is 1150. The molecule has 0 radical (unpaired) electrons. The molecule has 1 unspecified atom stereocenters. The molecule has 54 heavy (non-hydrogen) atoms. The fourth-order valence-corrected chi connectivity index (χ4v) is 5.91. The summed E-state index contributed by atoms with van der Waals surface area (Å²) in [7, 11) is -4.72. The number of esters is 2. The van der Waals surface area contributed by atoms with E-state index in [-0.39, 0.29) is 19.4 Å². The van der Waals surface area contributed by atoms with Gasteiger partial charge in [-0.2, -0.15) is 0 Å². The van der Waals surface area contributed by atoms with E-state index in [1.165, 1.54) is 51.4 Å². The SMILES string of the molecule is CC/C=C/C=C/C=C/C=C/CCCCCCCC(=O)OC[C@H](COP(=O)(O)OC[C@H](N)C(=O)O)OC(=O)CCCCC/C=C/CCCCCCCCCC. The maximum absolute atomic E-state index is 12.6. The number of allylic oxidation sites excluding steroid dienone is 10. The molecule has 0 spiro atoms. The molecule has 0 aromatic heterocycles. The van der Waals surface area contributed by atoms with Crippen molar-refractivity contribution < 1.29 is 47.5 Å². The number of carbonyl (C=O) groups excluding carboxylic acids is 2. The zero-order valence-corrected chi connectivity index (χ0v) is 34.2. The van der Waals surface area contributed by atoms with Gasteiger partial charge < -0.3 is 25.2 Å². The van der Waals surface area contributed by atoms with E-state index in [0.717, 1.165) is 64.2 Å². The Morgan fingerprint density at radius 2 is 1.06 bits per heavy atom. The lowest BCUT2D eigenvalue weighted by Gasteiger charge is -2.20. The summed E-state index contributed by atoms with van der Waals surface area (Å²) in [5, 5.41) is 8.87. The maximum Gasteiger partial charge on any atom is 0.472 e. The van der Waals surface area contributed by atoms with Crippen LogP contribution in [0.5, 0.6) is 0 Å². The van der Waals surface area contributed by atoms with E-state index in [2.05, 4.69) is 42.7 Å². The van der Waals surface area contributed by atoms with Crippen molar-refractivity contribution in [3.8, 4) is 0 Å². The van der Waals surface area contributed by atoms with Gasteiger partial charge in [0.05, 0.1) is 13.2 Å². The van der Waals surface area contributed by atoms with E-state index in [4.69, 9.17) is 24.8 Å². The van der Waals surface area contributed by atoms with Gasteiger partial charge in [0.25, 0.3) is 0 Å². The van der Waals surface area contributed by atoms with Crippen LogP contribution in [0.25, 0.3) is 0 Å². The number of hydrogen-bond acceptors (Lipinski definition) is 9. The van der Waals surface area contributed by atoms with Crippen molar-refractivity contribution in [2.24, 2.45) is 5.73 Å². The number of carboxylic acid groups (broad SMARTS) is 1. The van der Waals surface area contributed by atoms with Gasteiger partial charge in [-0.1, -0.05) is 145 Å². The van der Waals surface area contributed by atoms with Crippen LogP contribution in [0.3, 0.4) is 0 Å². The fourth-order valence-electron chi connectivity index (χ4n) is 5.13. The Hall–Kier alpha value is -2.82. The second-order valence-corrected chi connectivity index (χ2v) is 14.9. The first-order valence-electron chi connectivity index (χ1n) is 20.4. The van der Waals surface area contributed by atoms with Crippen molar-refractivity contribution in [1.29, 1.82) is 0 Å². The number of ether oxygens (including phenoxy) is 2. The number of hydrogen-bond donors (Lipinski definition) is 3. The summed E-state index contributed by atoms with van der Waals surface area (Å²) < 4.78 is 32.6. The number of aliphatic carboxylic acids is 1. The van der Waals surface area contributed by atoms with Crippen LogP contribution >= 0.6 is 7.82 Å². The van der Waals surface area contributed by atoms with Crippen LogP contribution in [0.4, 0.5) is 0 Å². The summed E-state index contributed by atoms with van der Waals surface area (Å²) in [6.07, 6.45) is 41.4. The lowest BCUT2D eigenvalue weighted by Crippen LogP contribution is -2.34. The Balaban J connectivity index is 4.48. The van der Waals surface area contributed by atoms with Gasteiger partial charge in [-0.3, -0.25) is 23.4 Å². The molecule has 0 aliphatic heterocycles. The second-order valence-electron chi connectivity index (χ2n) is 13.5. The molecule has 0 aliphatic rings. The summed E-state index contributed by atoms with van der Waals surface area (Å²) in [6, 6.07) is -1.53. The highest BCUT2D eigenvalue weighted by atomic mass is 31.2. The van der Waals surface area contributed by atoms with Crippen LogP contribution in [0, 0.1) is 0 Å². The van der Waals surface area contributed by atoms with Crippen molar-refractivity contribution in [3.05, 3.63) is 60.8 Å². The van der Waals surface area contributed by atoms with Crippen LogP contribution in [-0.2, 0) is 37.5 Å². The number of carbonyl (C=O) groups is 3. The van der Waals surface area contributed by atoms with Gasteiger partial charge >= 0.3 is 25.7 Å². The molecule has 12 heteroatoms. The molecule has 310 valence electrons. The minimum absolute atomic E-state index is 0.133. The average Bonchev–Trinajstić information content (AvgIpc) is 3.14. The van der Waals surface area contributed by atoms with Crippen LogP contribution in [0.1, 0.15) is 155 Å². The molecule has 0 saturated carbocycles. The van der Waals surface area contributed by atoms with Gasteiger partial charge in [0.2, 0.25) is 0 Å². The molecular formula is C42H72NO10P. The molecular weight excluding hydrogens is 709 g/mol. The molecule has 0 aliphatic carbocycles. The molecule has 0 rings (SSSR count). The minimum Gasteiger partial charge on any atom is -0.480 e. The first-order valence-corrected chi connectivity index (χ1v) is 21.9. The molecule has 4 N–H and O–H groups in total. The molecule has 0 aromatic carbocycles. The van der Waals surface area contributed by atoms with E-state index >= 15 is 0 Å². The molecule has 0 heterocycles. The highest BCUT2D eigenvalue weighted by Gasteiger charge is 2.28. The lowest BCUT2D eigenvalue weighted by atomic mass is 10.1. The Kier molecular flexibility index (Phi) is 35.2. The Morgan fingerprint density at radius 3 is 1.63 bits per heavy atom. The lowest BCUT2D eigenvalue weighted by molar-refractivity contribution is -0.161. The molecule has 3 atom stereocenters. The summed E-state index contributed by atoms with van der Waals surface area (Å²) in [5.74, 6) is -2.44. The molecule has 0 aromatic rings. The minimum atomic E-state index is -4.72. The zero-order valence-electron chi connectivity index (χ0n) is 33.3. The van der Waals surface area contributed by atoms with E-state index in [0.29, 0.717) is 12.8 Å². The normalized spacial score (nSPS) is 14.4. The summed E-state index contributed by atoms with van der Waals surface area (Å²) >= 11 is 0. The summed E-state index contributed by atoms with van der Waals surface area (Å²) in [4.78, 5) is 45.8. The summed E-state index contributed by atoms with van der Waals surface area (Å²) in [6.45, 7) is 2.60. The smallest absolute Gasteiger partial charge is 0.472 e. The quantitative estimate of drug-likeness (QED) is 0.0180. The van der Waals surface area contributed by atoms with E-state index in [1.54, 1.807) is 0 Å². The van der Waals surface area contributed by atoms with Crippen molar-refractivity contribution in [1.82, 2.24) is 0 Å². The third-order valence-corrected chi connectivity index (χ3v) is 9.29. The van der Waals surface area contributed by atoms with Crippen LogP contribution in [0.2, 0.25) is 0 Å². The Morgan fingerprint density at radius 1 is 0.593 bits per heavy atom. The number of rotatable bonds is 37. The predicted octanol–water partition coefficient (Wildman–Crippen LogP) is 10.4. The average molecular weight is 782 g/mol. The van der Waals surface area contributed by atoms with Crippen molar-refractivity contribution in [2.45, 2.75) is 167 Å². The maximum atomic E-state index is 12.6. The Labute approximate surface area is 326 Å². The number of phosphoric ester groups is 1. The van der Waals surface area contributed by atoms with Crippen LogP contribution < -0.4 is 5.73 Å². The van der Waals surface area contributed by atoms with E-state index in [1.807, 2.05) is 36.5 Å². The molecule has 0 fully saturated rings. The zero-order chi connectivity index (χ0) is 40.0. The molecule has 0 saturated heterocycles. The van der Waals surface area contributed by atoms with Crippen molar-refractivity contribution in [3.63, 3.8) is 0 Å². The van der Waals surface area contributed by atoms with Crippen molar-refractivity contribution >= 4 is 25.7 Å². The number of phosphoric acid groups is 1. The standard InChI is InChI=1S/C42H72NO10P/c1-3-5-7-9-11-13-15-17-19-21-23-25-27-29-31-33-40(44)50-35-38(36-51-54(48,49)52-37-39(43)42(46)47)53-41(45)34-32-30-28-26-24-22-20-18-16-14-12-10-8-6-4-2/h5,7,9,11,13,15,17,19,22,24,38-39H,3-4,6,8,10,12,14,16,18,20-21,23,25-37,43H2,1-2H3,(H,46,47)(H,48,49)/b7-5+,11-9+,15-13+,19-17+,24-22+/t38-,39+/m1/s1. The highest BCUT2D eigenvalue weighted by molar-refractivity contribution is 7.47. The second kappa shape index (κ2) is 37.1. The number of nitrogens with two attached hydrogens (primary N) is 1. The number of unbranched alkanes of at least 4 members (excludes halogenated alkanes) is 16. The van der Waals surface area contributed by atoms with Gasteiger partial charge in [-0.25, -0.2) is 4.57 Å². The third-order valence-electron chi connectivity index (χ3n) is 8.34. The van der Waals surface area contributed by atoms with Gasteiger partial charge in [0, 0.05) is 12.8 Å². The largest absolute Gasteiger partial charge is 0.480 e. The van der Waals surface area contributed by atoms with Crippen LogP contribution in [0.15, 0.2) is 60.8 Å². The molecule has 0 amide bonds. The molecule has 0 bridgehead atoms. The highest BCUT2D eigenvalue weighted by Crippen LogP contribution is 2.43. The first-order chi connectivity index (χ1) is 26.1. The summed E-state index contributed by atoms with van der Waals surface area (Å²) in [5.41, 5.74) is 5.32. The van der Waals surface area contributed by atoms with Gasteiger partial charge in [0.15, 0.2) is 6.10 Å². The molecule has 11 nitrogen and oxygen atoms in total. The first kappa shape index (κ1) is 51.2. The predicted molar refractivity (Wildman–Crippen MR) is 217 cm³/mol.